The molecule has 0 heterocycles. The zero-order valence-corrected chi connectivity index (χ0v) is 36.2. The van der Waals surface area contributed by atoms with Crippen LogP contribution in [0.25, 0.3) is 0 Å². The van der Waals surface area contributed by atoms with Gasteiger partial charge in [-0.1, -0.05) is 110 Å². The topological polar surface area (TPSA) is 93.2 Å². The first-order chi connectivity index (χ1) is 26.5. The minimum atomic E-state index is -3.49. The van der Waals surface area contributed by atoms with E-state index in [-0.39, 0.29) is 11.8 Å². The van der Waals surface area contributed by atoms with Gasteiger partial charge in [-0.3, -0.25) is 0 Å². The Morgan fingerprint density at radius 1 is 0.500 bits per heavy atom. The fourth-order valence-electron chi connectivity index (χ4n) is 6.10. The molecule has 0 bridgehead atoms. The van der Waals surface area contributed by atoms with Crippen LogP contribution in [0.2, 0.25) is 0 Å². The van der Waals surface area contributed by atoms with Crippen molar-refractivity contribution < 1.29 is 26.3 Å². The number of rotatable bonds is 20. The van der Waals surface area contributed by atoms with Gasteiger partial charge in [0.25, 0.3) is 0 Å². The zero-order chi connectivity index (χ0) is 41.5. The van der Waals surface area contributed by atoms with Crippen molar-refractivity contribution in [2.24, 2.45) is 11.8 Å². The molecule has 4 aromatic rings. The van der Waals surface area contributed by atoms with E-state index in [1.165, 1.54) is 0 Å². The molecule has 10 heteroatoms. The van der Waals surface area contributed by atoms with Gasteiger partial charge in [-0.2, -0.15) is 8.61 Å². The average molecular weight is 803 g/mol. The second-order valence-electron chi connectivity index (χ2n) is 14.7. The van der Waals surface area contributed by atoms with E-state index in [1.54, 1.807) is 48.8 Å². The predicted molar refractivity (Wildman–Crippen MR) is 232 cm³/mol. The van der Waals surface area contributed by atoms with Crippen molar-refractivity contribution in [1.29, 1.82) is 0 Å². The Hall–Kier alpha value is -4.22. The van der Waals surface area contributed by atoms with E-state index in [4.69, 9.17) is 9.47 Å². The monoisotopic (exact) mass is 802 g/mol. The first-order valence-corrected chi connectivity index (χ1v) is 22.1. The third kappa shape index (κ3) is 13.5. The number of hydrogen-bond acceptors (Lipinski definition) is 6. The van der Waals surface area contributed by atoms with E-state index in [0.717, 1.165) is 44.9 Å². The lowest BCUT2D eigenvalue weighted by molar-refractivity contribution is 0.382. The Bertz CT molecular complexity index is 1860. The minimum absolute atomic E-state index is 0.00103. The second-order valence-corrected chi connectivity index (χ2v) is 19.3. The van der Waals surface area contributed by atoms with Crippen LogP contribution in [0.4, 0.5) is 0 Å². The third-order valence-corrected chi connectivity index (χ3v) is 15.1. The quantitative estimate of drug-likeness (QED) is 0.0827. The standard InChI is InChI=1S/2C23H31NO3S/c2*1-6-7-19(3)20(4)28(25,26)24(16-21-10-8-18(2)9-11-21)17-22-12-14-23(27-5)15-13-22/h2*6,8-15,19-20H,1,7,16-17H2,2-5H3/t19-,20+;19-,20-/m00/s1. The Morgan fingerprint density at radius 2 is 0.750 bits per heavy atom. The molecule has 0 aliphatic rings. The molecule has 0 fully saturated rings. The molecule has 0 amide bonds. The van der Waals surface area contributed by atoms with Gasteiger partial charge in [-0.15, -0.1) is 13.2 Å². The highest BCUT2D eigenvalue weighted by atomic mass is 32.2. The number of nitrogens with zero attached hydrogens (tertiary/aromatic N) is 2. The summed E-state index contributed by atoms with van der Waals surface area (Å²) in [5.41, 5.74) is 6.13. The summed E-state index contributed by atoms with van der Waals surface area (Å²) in [6, 6.07) is 31.1. The van der Waals surface area contributed by atoms with Crippen LogP contribution >= 0.6 is 0 Å². The molecule has 4 aromatic carbocycles. The first kappa shape index (κ1) is 46.2. The highest BCUT2D eigenvalue weighted by molar-refractivity contribution is 7.90. The van der Waals surface area contributed by atoms with Gasteiger partial charge in [0.15, 0.2) is 0 Å². The average Bonchev–Trinajstić information content (AvgIpc) is 3.19. The fourth-order valence-corrected chi connectivity index (χ4v) is 9.75. The molecule has 56 heavy (non-hydrogen) atoms. The highest BCUT2D eigenvalue weighted by Crippen LogP contribution is 2.26. The summed E-state index contributed by atoms with van der Waals surface area (Å²) in [4.78, 5) is 0. The lowest BCUT2D eigenvalue weighted by atomic mass is 10.1. The van der Waals surface area contributed by atoms with Crippen molar-refractivity contribution in [1.82, 2.24) is 8.61 Å². The van der Waals surface area contributed by atoms with Crippen molar-refractivity contribution in [2.75, 3.05) is 14.2 Å². The van der Waals surface area contributed by atoms with Crippen molar-refractivity contribution >= 4 is 20.0 Å². The molecule has 0 unspecified atom stereocenters. The molecule has 4 atom stereocenters. The van der Waals surface area contributed by atoms with E-state index in [1.807, 2.05) is 125 Å². The maximum Gasteiger partial charge on any atom is 0.217 e. The number of sulfonamides is 2. The summed E-state index contributed by atoms with van der Waals surface area (Å²) in [5, 5.41) is -0.983. The Labute approximate surface area is 338 Å². The van der Waals surface area contributed by atoms with Gasteiger partial charge in [0.2, 0.25) is 20.0 Å². The van der Waals surface area contributed by atoms with Crippen LogP contribution in [-0.4, -0.2) is 50.2 Å². The summed E-state index contributed by atoms with van der Waals surface area (Å²) >= 11 is 0. The summed E-state index contributed by atoms with van der Waals surface area (Å²) in [6.45, 7) is 20.4. The van der Waals surface area contributed by atoms with Crippen LogP contribution in [-0.2, 0) is 46.2 Å². The summed E-state index contributed by atoms with van der Waals surface area (Å²) < 4.78 is 67.2. The largest absolute Gasteiger partial charge is 0.497 e. The zero-order valence-electron chi connectivity index (χ0n) is 34.5. The second kappa shape index (κ2) is 21.9. The molecule has 0 aromatic heterocycles. The predicted octanol–water partition coefficient (Wildman–Crippen LogP) is 9.87. The summed E-state index contributed by atoms with van der Waals surface area (Å²) in [6.07, 6.45) is 4.90. The molecule has 0 radical (unpaired) electrons. The third-order valence-electron chi connectivity index (χ3n) is 10.3. The minimum Gasteiger partial charge on any atom is -0.497 e. The summed E-state index contributed by atoms with van der Waals surface area (Å²) in [7, 11) is -3.75. The van der Waals surface area contributed by atoms with Crippen LogP contribution in [0, 0.1) is 25.7 Å². The molecule has 0 N–H and O–H groups in total. The van der Waals surface area contributed by atoms with Crippen LogP contribution in [0.5, 0.6) is 11.5 Å². The van der Waals surface area contributed by atoms with E-state index < -0.39 is 30.5 Å². The maximum atomic E-state index is 13.4. The van der Waals surface area contributed by atoms with Gasteiger partial charge in [-0.25, -0.2) is 16.8 Å². The maximum absolute atomic E-state index is 13.4. The van der Waals surface area contributed by atoms with Gasteiger partial charge in [-0.05, 0) is 98.9 Å². The molecule has 0 spiro atoms. The van der Waals surface area contributed by atoms with Gasteiger partial charge < -0.3 is 9.47 Å². The molecule has 0 saturated carbocycles. The van der Waals surface area contributed by atoms with Crippen LogP contribution < -0.4 is 9.47 Å². The summed E-state index contributed by atoms with van der Waals surface area (Å²) in [5.74, 6) is 1.51. The lowest BCUT2D eigenvalue weighted by Gasteiger charge is -2.29. The molecule has 304 valence electrons. The molecular weight excluding hydrogens is 741 g/mol. The normalized spacial score (nSPS) is 13.9. The van der Waals surface area contributed by atoms with Gasteiger partial charge in [0, 0.05) is 26.2 Å². The first-order valence-electron chi connectivity index (χ1n) is 19.1. The van der Waals surface area contributed by atoms with Crippen molar-refractivity contribution in [2.45, 2.75) is 91.1 Å². The SMILES string of the molecule is C=CC[C@H](C)[C@@H](C)S(=O)(=O)N(Cc1ccc(C)cc1)Cc1ccc(OC)cc1.C=CC[C@H](C)[C@H](C)S(=O)(=O)N(Cc1ccc(C)cc1)Cc1ccc(OC)cc1. The van der Waals surface area contributed by atoms with Gasteiger partial charge >= 0.3 is 0 Å². The molecule has 0 aliphatic heterocycles. The Morgan fingerprint density at radius 3 is 0.982 bits per heavy atom. The number of hydrogen-bond donors (Lipinski definition) is 0. The number of methoxy groups -OCH3 is 2. The van der Waals surface area contributed by atoms with Crippen LogP contribution in [0.3, 0.4) is 0 Å². The van der Waals surface area contributed by atoms with Gasteiger partial charge in [0.1, 0.15) is 11.5 Å². The Kier molecular flexibility index (Phi) is 18.1. The van der Waals surface area contributed by atoms with Gasteiger partial charge in [0.05, 0.1) is 24.7 Å². The van der Waals surface area contributed by atoms with Crippen LogP contribution in [0.1, 0.15) is 73.9 Å². The lowest BCUT2D eigenvalue weighted by Crippen LogP contribution is -2.39. The number of ether oxygens (including phenoxy) is 2. The number of aryl methyl sites for hydroxylation is 2. The molecule has 0 aliphatic carbocycles. The van der Waals surface area contributed by atoms with Crippen molar-refractivity contribution in [3.63, 3.8) is 0 Å². The highest BCUT2D eigenvalue weighted by Gasteiger charge is 2.33. The number of allylic oxidation sites excluding steroid dienone is 2. The van der Waals surface area contributed by atoms with E-state index in [2.05, 4.69) is 13.2 Å². The van der Waals surface area contributed by atoms with Crippen molar-refractivity contribution in [3.8, 4) is 11.5 Å². The molecule has 4 rings (SSSR count). The van der Waals surface area contributed by atoms with E-state index in [0.29, 0.717) is 39.0 Å². The van der Waals surface area contributed by atoms with E-state index in [9.17, 15) is 16.8 Å². The Balaban J connectivity index is 0.000000300. The molecular formula is C46H62N2O6S2. The van der Waals surface area contributed by atoms with Crippen LogP contribution in [0.15, 0.2) is 122 Å². The fraction of sp³-hybridized carbons (Fsp3) is 0.391. The smallest absolute Gasteiger partial charge is 0.217 e. The van der Waals surface area contributed by atoms with Crippen molar-refractivity contribution in [3.05, 3.63) is 156 Å². The molecule has 8 nitrogen and oxygen atoms in total. The van der Waals surface area contributed by atoms with E-state index >= 15 is 0 Å². The molecule has 0 saturated heterocycles. The number of benzene rings is 4.